The van der Waals surface area contributed by atoms with Crippen molar-refractivity contribution in [1.29, 1.82) is 0 Å². The van der Waals surface area contributed by atoms with E-state index < -0.39 is 28.1 Å². The Morgan fingerprint density at radius 2 is 1.65 bits per heavy atom. The average molecular weight is 443 g/mol. The number of hydrogen-bond donors (Lipinski definition) is 4. The molecule has 0 bridgehead atoms. The zero-order valence-corrected chi connectivity index (χ0v) is 17.1. The molecule has 0 saturated heterocycles. The molecule has 0 aliphatic heterocycles. The van der Waals surface area contributed by atoms with Crippen LogP contribution in [-0.2, 0) is 32.6 Å². The zero-order valence-electron chi connectivity index (χ0n) is 16.3. The van der Waals surface area contributed by atoms with Gasteiger partial charge in [0.25, 0.3) is 15.9 Å². The average Bonchev–Trinajstić information content (AvgIpc) is 3.33. The van der Waals surface area contributed by atoms with E-state index >= 15 is 0 Å². The Balaban J connectivity index is 1.63. The van der Waals surface area contributed by atoms with Gasteiger partial charge in [0.05, 0.1) is 6.20 Å². The fraction of sp³-hybridized carbons (Fsp3) is 0.150. The number of sulfonamides is 1. The summed E-state index contributed by atoms with van der Waals surface area (Å²) in [6.07, 6.45) is 1.57. The van der Waals surface area contributed by atoms with Crippen molar-refractivity contribution in [3.05, 3.63) is 84.2 Å². The van der Waals surface area contributed by atoms with Crippen LogP contribution in [0.4, 0.5) is 4.79 Å². The minimum Gasteiger partial charge on any atom is -0.445 e. The van der Waals surface area contributed by atoms with Crippen LogP contribution in [0.25, 0.3) is 0 Å². The van der Waals surface area contributed by atoms with Crippen LogP contribution >= 0.6 is 0 Å². The summed E-state index contributed by atoms with van der Waals surface area (Å²) in [5.41, 5.74) is 3.68. The molecule has 1 heterocycles. The standard InChI is InChI=1S/C20H21N5O5S/c26-19(24-25-31(28,29)17-12-21-22-13-17)18(11-15-7-3-1-4-8-15)23-20(27)30-14-16-9-5-2-6-10-16/h1-10,12-13,18,25H,11,14H2,(H,21,22)(H,23,27)(H,24,26)/t18-/m1/s1. The Hall–Kier alpha value is -3.70. The number of hydrazine groups is 1. The fourth-order valence-corrected chi connectivity index (χ4v) is 3.37. The molecule has 162 valence electrons. The smallest absolute Gasteiger partial charge is 0.408 e. The molecule has 10 nitrogen and oxygen atoms in total. The van der Waals surface area contributed by atoms with Crippen LogP contribution in [0.3, 0.4) is 0 Å². The van der Waals surface area contributed by atoms with Crippen molar-refractivity contribution in [2.24, 2.45) is 0 Å². The van der Waals surface area contributed by atoms with E-state index in [1.54, 1.807) is 36.4 Å². The molecule has 11 heteroatoms. The number of nitrogens with one attached hydrogen (secondary N) is 4. The second-order valence-corrected chi connectivity index (χ2v) is 8.16. The zero-order chi connectivity index (χ0) is 22.1. The highest BCUT2D eigenvalue weighted by Crippen LogP contribution is 2.06. The normalized spacial score (nSPS) is 12.0. The molecule has 1 aromatic heterocycles. The number of carbonyl (C=O) groups is 2. The van der Waals surface area contributed by atoms with E-state index in [1.807, 2.05) is 29.1 Å². The summed E-state index contributed by atoms with van der Waals surface area (Å²) >= 11 is 0. The van der Waals surface area contributed by atoms with Crippen molar-refractivity contribution in [3.63, 3.8) is 0 Å². The maximum absolute atomic E-state index is 12.6. The van der Waals surface area contributed by atoms with Gasteiger partial charge in [-0.15, -0.1) is 4.83 Å². The van der Waals surface area contributed by atoms with Crippen LogP contribution in [-0.4, -0.2) is 36.7 Å². The van der Waals surface area contributed by atoms with Crippen LogP contribution in [0.15, 0.2) is 78.0 Å². The lowest BCUT2D eigenvalue weighted by molar-refractivity contribution is -0.123. The van der Waals surface area contributed by atoms with Gasteiger partial charge in [0.15, 0.2) is 0 Å². The minimum absolute atomic E-state index is 0.0273. The van der Waals surface area contributed by atoms with E-state index in [9.17, 15) is 18.0 Å². The topological polar surface area (TPSA) is 142 Å². The van der Waals surface area contributed by atoms with Gasteiger partial charge < -0.3 is 10.1 Å². The molecule has 3 rings (SSSR count). The van der Waals surface area contributed by atoms with Crippen LogP contribution < -0.4 is 15.6 Å². The summed E-state index contributed by atoms with van der Waals surface area (Å²) < 4.78 is 29.5. The maximum atomic E-state index is 12.6. The van der Waals surface area contributed by atoms with Gasteiger partial charge in [-0.3, -0.25) is 15.3 Å². The van der Waals surface area contributed by atoms with Crippen molar-refractivity contribution in [2.45, 2.75) is 24.0 Å². The summed E-state index contributed by atoms with van der Waals surface area (Å²) in [7, 11) is -4.01. The second-order valence-electron chi connectivity index (χ2n) is 6.48. The number of amides is 2. The molecular formula is C20H21N5O5S. The van der Waals surface area contributed by atoms with Gasteiger partial charge in [-0.1, -0.05) is 60.7 Å². The van der Waals surface area contributed by atoms with E-state index in [1.165, 1.54) is 0 Å². The van der Waals surface area contributed by atoms with Gasteiger partial charge in [-0.05, 0) is 11.1 Å². The number of ether oxygens (including phenoxy) is 1. The van der Waals surface area contributed by atoms with E-state index in [0.717, 1.165) is 23.5 Å². The van der Waals surface area contributed by atoms with Crippen molar-refractivity contribution in [3.8, 4) is 0 Å². The first kappa shape index (κ1) is 22.0. The molecule has 1 atom stereocenters. The number of rotatable bonds is 9. The maximum Gasteiger partial charge on any atom is 0.408 e. The molecule has 4 N–H and O–H groups in total. The molecule has 0 aliphatic rings. The third kappa shape index (κ3) is 6.66. The molecule has 0 unspecified atom stereocenters. The summed E-state index contributed by atoms with van der Waals surface area (Å²) in [6.45, 7) is 0.0273. The van der Waals surface area contributed by atoms with Crippen molar-refractivity contribution < 1.29 is 22.7 Å². The lowest BCUT2D eigenvalue weighted by Gasteiger charge is -2.18. The monoisotopic (exact) mass is 443 g/mol. The Bertz CT molecular complexity index is 1090. The van der Waals surface area contributed by atoms with Crippen molar-refractivity contribution in [1.82, 2.24) is 25.8 Å². The van der Waals surface area contributed by atoms with Crippen LogP contribution in [0.5, 0.6) is 0 Å². The summed E-state index contributed by atoms with van der Waals surface area (Å²) in [6, 6.07) is 16.9. The number of H-pyrrole nitrogens is 1. The van der Waals surface area contributed by atoms with Crippen LogP contribution in [0.1, 0.15) is 11.1 Å². The van der Waals surface area contributed by atoms with Gasteiger partial charge >= 0.3 is 6.09 Å². The van der Waals surface area contributed by atoms with Gasteiger partial charge in [0.1, 0.15) is 17.5 Å². The molecule has 2 aromatic carbocycles. The molecule has 0 saturated carbocycles. The highest BCUT2D eigenvalue weighted by atomic mass is 32.2. The van der Waals surface area contributed by atoms with Crippen molar-refractivity contribution >= 4 is 22.0 Å². The Kier molecular flexibility index (Phi) is 7.35. The van der Waals surface area contributed by atoms with E-state index in [4.69, 9.17) is 4.74 Å². The quantitative estimate of drug-likeness (QED) is 0.367. The number of benzene rings is 2. The lowest BCUT2D eigenvalue weighted by atomic mass is 10.1. The highest BCUT2D eigenvalue weighted by Gasteiger charge is 2.24. The lowest BCUT2D eigenvalue weighted by Crippen LogP contribution is -2.53. The van der Waals surface area contributed by atoms with Gasteiger partial charge in [-0.25, -0.2) is 13.2 Å². The Labute approximate surface area is 179 Å². The number of nitrogens with zero attached hydrogens (tertiary/aromatic N) is 1. The van der Waals surface area contributed by atoms with Gasteiger partial charge in [0.2, 0.25) is 0 Å². The first-order valence-corrected chi connectivity index (χ1v) is 10.7. The molecule has 2 amide bonds. The van der Waals surface area contributed by atoms with E-state index in [0.29, 0.717) is 0 Å². The Morgan fingerprint density at radius 1 is 1.00 bits per heavy atom. The molecular weight excluding hydrogens is 422 g/mol. The van der Waals surface area contributed by atoms with Crippen molar-refractivity contribution in [2.75, 3.05) is 0 Å². The first-order valence-electron chi connectivity index (χ1n) is 9.25. The van der Waals surface area contributed by atoms with E-state index in [-0.39, 0.29) is 17.9 Å². The molecule has 31 heavy (non-hydrogen) atoms. The second kappa shape index (κ2) is 10.4. The third-order valence-electron chi connectivity index (χ3n) is 4.20. The summed E-state index contributed by atoms with van der Waals surface area (Å²) in [5.74, 6) is -0.757. The molecule has 3 aromatic rings. The van der Waals surface area contributed by atoms with E-state index in [2.05, 4.69) is 20.9 Å². The molecule has 0 fully saturated rings. The predicted molar refractivity (Wildman–Crippen MR) is 111 cm³/mol. The number of carbonyl (C=O) groups excluding carboxylic acids is 2. The van der Waals surface area contributed by atoms with Crippen LogP contribution in [0, 0.1) is 0 Å². The Morgan fingerprint density at radius 3 is 2.26 bits per heavy atom. The summed E-state index contributed by atoms with van der Waals surface area (Å²) in [4.78, 5) is 26.7. The fourth-order valence-electron chi connectivity index (χ4n) is 2.62. The number of alkyl carbamates (subject to hydrolysis) is 1. The van der Waals surface area contributed by atoms with Gasteiger partial charge in [-0.2, -0.15) is 5.10 Å². The SMILES string of the molecule is O=C(N[C@H](Cc1ccccc1)C(=O)NNS(=O)(=O)c1cn[nH]c1)OCc1ccccc1. The minimum atomic E-state index is -4.01. The third-order valence-corrected chi connectivity index (χ3v) is 5.41. The summed E-state index contributed by atoms with van der Waals surface area (Å²) in [5, 5.41) is 8.42. The number of aromatic amines is 1. The van der Waals surface area contributed by atoms with Gasteiger partial charge in [0, 0.05) is 12.6 Å². The largest absolute Gasteiger partial charge is 0.445 e. The number of aromatic nitrogens is 2. The molecule has 0 aliphatic carbocycles. The first-order chi connectivity index (χ1) is 14.9. The number of hydrogen-bond acceptors (Lipinski definition) is 6. The molecule has 0 spiro atoms. The van der Waals surface area contributed by atoms with Crippen LogP contribution in [0.2, 0.25) is 0 Å². The predicted octanol–water partition coefficient (Wildman–Crippen LogP) is 1.26. The molecule has 0 radical (unpaired) electrons. The highest BCUT2D eigenvalue weighted by molar-refractivity contribution is 7.89.